The lowest BCUT2D eigenvalue weighted by Gasteiger charge is -2.07. The van der Waals surface area contributed by atoms with Gasteiger partial charge in [-0.25, -0.2) is 9.97 Å². The van der Waals surface area contributed by atoms with Crippen LogP contribution in [-0.2, 0) is 4.79 Å². The topological polar surface area (TPSA) is 75.1 Å². The number of aliphatic carboxylic acids is 1. The summed E-state index contributed by atoms with van der Waals surface area (Å²) in [4.78, 5) is 20.9. The van der Waals surface area contributed by atoms with Crippen molar-refractivity contribution in [2.45, 2.75) is 26.7 Å². The average molecular weight is 300 g/mol. The van der Waals surface area contributed by atoms with Gasteiger partial charge in [0.1, 0.15) is 10.6 Å². The van der Waals surface area contributed by atoms with Gasteiger partial charge in [-0.3, -0.25) is 4.79 Å². The van der Waals surface area contributed by atoms with Gasteiger partial charge in [-0.15, -0.1) is 11.3 Å². The molecule has 2 rings (SSSR count). The molecular weight excluding hydrogens is 286 g/mol. The van der Waals surface area contributed by atoms with Gasteiger partial charge in [-0.1, -0.05) is 0 Å². The Morgan fingerprint density at radius 1 is 1.42 bits per heavy atom. The highest BCUT2D eigenvalue weighted by atomic mass is 35.5. The highest BCUT2D eigenvalue weighted by molar-refractivity contribution is 7.18. The van der Waals surface area contributed by atoms with Crippen molar-refractivity contribution in [1.82, 2.24) is 9.97 Å². The van der Waals surface area contributed by atoms with E-state index in [2.05, 4.69) is 15.3 Å². The van der Waals surface area contributed by atoms with E-state index in [1.165, 1.54) is 4.88 Å². The van der Waals surface area contributed by atoms with Gasteiger partial charge < -0.3 is 10.4 Å². The Kier molecular flexibility index (Phi) is 4.21. The number of aryl methyl sites for hydroxylation is 2. The van der Waals surface area contributed by atoms with Crippen molar-refractivity contribution in [2.24, 2.45) is 0 Å². The molecule has 19 heavy (non-hydrogen) atoms. The lowest BCUT2D eigenvalue weighted by Crippen LogP contribution is -2.07. The van der Waals surface area contributed by atoms with Crippen LogP contribution in [0.1, 0.15) is 23.3 Å². The SMILES string of the molecule is Cc1sc2nc(Cl)nc(NCCCC(=O)O)c2c1C. The quantitative estimate of drug-likeness (QED) is 0.655. The molecule has 0 radical (unpaired) electrons. The Bertz CT molecular complexity index is 627. The second-order valence-corrected chi connectivity index (χ2v) is 5.77. The normalized spacial score (nSPS) is 10.9. The molecule has 0 fully saturated rings. The van der Waals surface area contributed by atoms with Gasteiger partial charge in [-0.05, 0) is 37.4 Å². The minimum absolute atomic E-state index is 0.136. The van der Waals surface area contributed by atoms with Crippen LogP contribution >= 0.6 is 22.9 Å². The zero-order chi connectivity index (χ0) is 14.0. The highest BCUT2D eigenvalue weighted by Gasteiger charge is 2.13. The summed E-state index contributed by atoms with van der Waals surface area (Å²) in [5, 5.41) is 12.9. The third kappa shape index (κ3) is 3.13. The van der Waals surface area contributed by atoms with E-state index in [-0.39, 0.29) is 11.7 Å². The van der Waals surface area contributed by atoms with Crippen molar-refractivity contribution < 1.29 is 9.90 Å². The van der Waals surface area contributed by atoms with Crippen LogP contribution in [0.4, 0.5) is 5.82 Å². The first-order chi connectivity index (χ1) is 8.99. The van der Waals surface area contributed by atoms with Gasteiger partial charge in [0.2, 0.25) is 5.28 Å². The van der Waals surface area contributed by atoms with Gasteiger partial charge in [0.15, 0.2) is 0 Å². The van der Waals surface area contributed by atoms with Gasteiger partial charge in [-0.2, -0.15) is 0 Å². The van der Waals surface area contributed by atoms with Crippen molar-refractivity contribution in [3.8, 4) is 0 Å². The molecule has 0 spiro atoms. The summed E-state index contributed by atoms with van der Waals surface area (Å²) in [5.74, 6) is -0.113. The number of carboxylic acid groups (broad SMARTS) is 1. The Morgan fingerprint density at radius 2 is 2.16 bits per heavy atom. The molecule has 2 heterocycles. The van der Waals surface area contributed by atoms with Gasteiger partial charge in [0.05, 0.1) is 5.39 Å². The van der Waals surface area contributed by atoms with Crippen molar-refractivity contribution >= 4 is 44.9 Å². The fraction of sp³-hybridized carbons (Fsp3) is 0.417. The number of halogens is 1. The molecule has 2 aromatic heterocycles. The third-order valence-corrected chi connectivity index (χ3v) is 4.13. The first kappa shape index (κ1) is 14.0. The number of thiophene rings is 1. The Labute approximate surface area is 119 Å². The third-order valence-electron chi connectivity index (χ3n) is 2.86. The van der Waals surface area contributed by atoms with E-state index in [0.717, 1.165) is 15.8 Å². The molecule has 0 saturated carbocycles. The molecule has 0 unspecified atom stereocenters. The molecule has 0 aliphatic carbocycles. The number of carboxylic acids is 1. The zero-order valence-corrected chi connectivity index (χ0v) is 12.2. The molecule has 0 bridgehead atoms. The number of rotatable bonds is 5. The molecule has 0 saturated heterocycles. The molecule has 2 N–H and O–H groups in total. The van der Waals surface area contributed by atoms with E-state index in [9.17, 15) is 4.79 Å². The molecule has 0 aromatic carbocycles. The summed E-state index contributed by atoms with van der Waals surface area (Å²) in [6, 6.07) is 0. The van der Waals surface area contributed by atoms with E-state index < -0.39 is 5.97 Å². The van der Waals surface area contributed by atoms with Crippen molar-refractivity contribution in [3.05, 3.63) is 15.7 Å². The molecule has 7 heteroatoms. The molecule has 102 valence electrons. The van der Waals surface area contributed by atoms with Crippen LogP contribution in [0.2, 0.25) is 5.28 Å². The van der Waals surface area contributed by atoms with Crippen molar-refractivity contribution in [1.29, 1.82) is 0 Å². The maximum atomic E-state index is 10.5. The number of nitrogens with one attached hydrogen (secondary N) is 1. The first-order valence-corrected chi connectivity index (χ1v) is 7.07. The smallest absolute Gasteiger partial charge is 0.303 e. The van der Waals surface area contributed by atoms with Gasteiger partial charge >= 0.3 is 5.97 Å². The van der Waals surface area contributed by atoms with E-state index in [4.69, 9.17) is 16.7 Å². The predicted molar refractivity (Wildman–Crippen MR) is 77.3 cm³/mol. The van der Waals surface area contributed by atoms with Gasteiger partial charge in [0.25, 0.3) is 0 Å². The lowest BCUT2D eigenvalue weighted by molar-refractivity contribution is -0.137. The summed E-state index contributed by atoms with van der Waals surface area (Å²) >= 11 is 7.48. The number of nitrogens with zero attached hydrogens (tertiary/aromatic N) is 2. The number of hydrogen-bond acceptors (Lipinski definition) is 5. The Hall–Kier alpha value is -1.40. The number of anilines is 1. The van der Waals surface area contributed by atoms with Crippen LogP contribution in [0, 0.1) is 13.8 Å². The summed E-state index contributed by atoms with van der Waals surface area (Å²) < 4.78 is 0. The molecule has 2 aromatic rings. The van der Waals surface area contributed by atoms with Crippen LogP contribution in [0.5, 0.6) is 0 Å². The van der Waals surface area contributed by atoms with Crippen molar-refractivity contribution in [3.63, 3.8) is 0 Å². The monoisotopic (exact) mass is 299 g/mol. The molecule has 0 atom stereocenters. The Balaban J connectivity index is 2.24. The number of aromatic nitrogens is 2. The molecular formula is C12H14ClN3O2S. The summed E-state index contributed by atoms with van der Waals surface area (Å²) in [6.45, 7) is 4.60. The second kappa shape index (κ2) is 5.71. The lowest BCUT2D eigenvalue weighted by atomic mass is 10.2. The van der Waals surface area contributed by atoms with Crippen LogP contribution in [0.25, 0.3) is 10.2 Å². The number of hydrogen-bond donors (Lipinski definition) is 2. The van der Waals surface area contributed by atoms with E-state index in [1.54, 1.807) is 11.3 Å². The minimum Gasteiger partial charge on any atom is -0.481 e. The van der Waals surface area contributed by atoms with Crippen LogP contribution < -0.4 is 5.32 Å². The predicted octanol–water partition coefficient (Wildman–Crippen LogP) is 3.24. The van der Waals surface area contributed by atoms with Gasteiger partial charge in [0, 0.05) is 17.8 Å². The summed E-state index contributed by atoms with van der Waals surface area (Å²) in [5.41, 5.74) is 1.14. The number of carbonyl (C=O) groups is 1. The molecule has 5 nitrogen and oxygen atoms in total. The fourth-order valence-electron chi connectivity index (χ4n) is 1.80. The largest absolute Gasteiger partial charge is 0.481 e. The summed E-state index contributed by atoms with van der Waals surface area (Å²) in [7, 11) is 0. The Morgan fingerprint density at radius 3 is 2.84 bits per heavy atom. The molecule has 0 aliphatic heterocycles. The second-order valence-electron chi connectivity index (χ2n) is 4.23. The van der Waals surface area contributed by atoms with Crippen molar-refractivity contribution in [2.75, 3.05) is 11.9 Å². The van der Waals surface area contributed by atoms with E-state index in [1.807, 2.05) is 13.8 Å². The average Bonchev–Trinajstić information content (AvgIpc) is 2.60. The maximum Gasteiger partial charge on any atom is 0.303 e. The van der Waals surface area contributed by atoms with Crippen LogP contribution in [0.15, 0.2) is 0 Å². The number of fused-ring (bicyclic) bond motifs is 1. The maximum absolute atomic E-state index is 10.5. The van der Waals surface area contributed by atoms with E-state index in [0.29, 0.717) is 18.8 Å². The first-order valence-electron chi connectivity index (χ1n) is 5.88. The zero-order valence-electron chi connectivity index (χ0n) is 10.7. The van der Waals surface area contributed by atoms with Crippen LogP contribution in [0.3, 0.4) is 0 Å². The molecule has 0 amide bonds. The molecule has 0 aliphatic rings. The minimum atomic E-state index is -0.796. The van der Waals surface area contributed by atoms with E-state index >= 15 is 0 Å². The highest BCUT2D eigenvalue weighted by Crippen LogP contribution is 2.33. The van der Waals surface area contributed by atoms with Crippen LogP contribution in [-0.4, -0.2) is 27.6 Å². The standard InChI is InChI=1S/C12H14ClN3O2S/c1-6-7(2)19-11-9(6)10(15-12(13)16-11)14-5-3-4-8(17)18/h3-5H2,1-2H3,(H,17,18)(H,14,15,16). The fourth-order valence-corrected chi connectivity index (χ4v) is 3.05. The summed E-state index contributed by atoms with van der Waals surface area (Å²) in [6.07, 6.45) is 0.678.